The predicted molar refractivity (Wildman–Crippen MR) is 95.5 cm³/mol. The number of ether oxygens (including phenoxy) is 2. The van der Waals surface area contributed by atoms with E-state index in [4.69, 9.17) is 9.47 Å². The first-order valence-electron chi connectivity index (χ1n) is 7.60. The van der Waals surface area contributed by atoms with Crippen LogP contribution in [0.2, 0.25) is 0 Å². The first kappa shape index (κ1) is 17.3. The predicted octanol–water partition coefficient (Wildman–Crippen LogP) is 4.89. The molecule has 122 valence electrons. The van der Waals surface area contributed by atoms with Gasteiger partial charge in [0, 0.05) is 16.2 Å². The van der Waals surface area contributed by atoms with Crippen molar-refractivity contribution in [3.63, 3.8) is 0 Å². The molecule has 0 spiro atoms. The van der Waals surface area contributed by atoms with Crippen molar-refractivity contribution in [2.75, 3.05) is 18.5 Å². The van der Waals surface area contributed by atoms with Gasteiger partial charge in [-0.3, -0.25) is 4.79 Å². The molecule has 0 saturated carbocycles. The lowest BCUT2D eigenvalue weighted by molar-refractivity contribution is 0.102. The van der Waals surface area contributed by atoms with Crippen LogP contribution in [0.4, 0.5) is 5.69 Å². The molecule has 0 bridgehead atoms. The molecule has 4 nitrogen and oxygen atoms in total. The normalized spacial score (nSPS) is 10.2. The van der Waals surface area contributed by atoms with Gasteiger partial charge >= 0.3 is 0 Å². The van der Waals surface area contributed by atoms with Crippen LogP contribution in [-0.2, 0) is 0 Å². The zero-order valence-corrected chi connectivity index (χ0v) is 14.9. The van der Waals surface area contributed by atoms with Crippen LogP contribution in [0, 0.1) is 0 Å². The molecule has 0 fully saturated rings. The summed E-state index contributed by atoms with van der Waals surface area (Å²) in [6.07, 6.45) is 0.937. The Bertz CT molecular complexity index is 673. The second-order valence-electron chi connectivity index (χ2n) is 4.90. The standard InChI is InChI=1S/C18H20BrNO3/c1-3-10-23-15-7-5-6-14(12-15)20-18(21)16-11-13(19)8-9-17(16)22-4-2/h5-9,11-12H,3-4,10H2,1-2H3,(H,20,21). The van der Waals surface area contributed by atoms with Crippen LogP contribution >= 0.6 is 15.9 Å². The minimum absolute atomic E-state index is 0.220. The molecule has 0 aromatic heterocycles. The average Bonchev–Trinajstić information content (AvgIpc) is 2.55. The fraction of sp³-hybridized carbons (Fsp3) is 0.278. The maximum absolute atomic E-state index is 12.5. The first-order valence-corrected chi connectivity index (χ1v) is 8.40. The monoisotopic (exact) mass is 377 g/mol. The summed E-state index contributed by atoms with van der Waals surface area (Å²) in [6.45, 7) is 5.09. The highest BCUT2D eigenvalue weighted by atomic mass is 79.9. The van der Waals surface area contributed by atoms with Gasteiger partial charge in [0.2, 0.25) is 0 Å². The zero-order valence-electron chi connectivity index (χ0n) is 13.3. The maximum atomic E-state index is 12.5. The highest BCUT2D eigenvalue weighted by Crippen LogP contribution is 2.25. The van der Waals surface area contributed by atoms with Crippen LogP contribution < -0.4 is 14.8 Å². The van der Waals surface area contributed by atoms with Crippen LogP contribution in [0.25, 0.3) is 0 Å². The minimum Gasteiger partial charge on any atom is -0.494 e. The second-order valence-corrected chi connectivity index (χ2v) is 5.82. The minimum atomic E-state index is -0.220. The van der Waals surface area contributed by atoms with Gasteiger partial charge in [-0.15, -0.1) is 0 Å². The van der Waals surface area contributed by atoms with E-state index >= 15 is 0 Å². The summed E-state index contributed by atoms with van der Waals surface area (Å²) in [5, 5.41) is 2.88. The van der Waals surface area contributed by atoms with E-state index in [0.717, 1.165) is 16.6 Å². The Kier molecular flexibility index (Phi) is 6.47. The fourth-order valence-corrected chi connectivity index (χ4v) is 2.40. The molecule has 0 aliphatic heterocycles. The molecule has 0 aliphatic carbocycles. The molecule has 0 atom stereocenters. The number of rotatable bonds is 7. The van der Waals surface area contributed by atoms with Gasteiger partial charge in [-0.25, -0.2) is 0 Å². The summed E-state index contributed by atoms with van der Waals surface area (Å²) in [5.74, 6) is 1.08. The van der Waals surface area contributed by atoms with Crippen molar-refractivity contribution in [2.24, 2.45) is 0 Å². The Morgan fingerprint density at radius 2 is 1.96 bits per heavy atom. The third kappa shape index (κ3) is 4.99. The van der Waals surface area contributed by atoms with Crippen LogP contribution in [0.1, 0.15) is 30.6 Å². The van der Waals surface area contributed by atoms with E-state index in [2.05, 4.69) is 21.2 Å². The molecule has 1 N–H and O–H groups in total. The molecule has 0 radical (unpaired) electrons. The molecule has 0 aliphatic rings. The molecule has 23 heavy (non-hydrogen) atoms. The number of nitrogens with one attached hydrogen (secondary N) is 1. The van der Waals surface area contributed by atoms with E-state index in [1.807, 2.05) is 44.2 Å². The van der Waals surface area contributed by atoms with Crippen molar-refractivity contribution in [2.45, 2.75) is 20.3 Å². The van der Waals surface area contributed by atoms with Crippen LogP contribution in [-0.4, -0.2) is 19.1 Å². The summed E-state index contributed by atoms with van der Waals surface area (Å²) in [6, 6.07) is 12.7. The summed E-state index contributed by atoms with van der Waals surface area (Å²) < 4.78 is 11.9. The van der Waals surface area contributed by atoms with E-state index in [1.165, 1.54) is 0 Å². The Balaban J connectivity index is 2.17. The number of halogens is 1. The molecule has 0 heterocycles. The van der Waals surface area contributed by atoms with E-state index in [0.29, 0.717) is 30.2 Å². The number of hydrogen-bond donors (Lipinski definition) is 1. The highest BCUT2D eigenvalue weighted by Gasteiger charge is 2.13. The zero-order chi connectivity index (χ0) is 16.7. The fourth-order valence-electron chi connectivity index (χ4n) is 2.04. The van der Waals surface area contributed by atoms with Crippen molar-refractivity contribution in [3.8, 4) is 11.5 Å². The van der Waals surface area contributed by atoms with Gasteiger partial charge in [-0.2, -0.15) is 0 Å². The van der Waals surface area contributed by atoms with Gasteiger partial charge in [0.05, 0.1) is 18.8 Å². The van der Waals surface area contributed by atoms with Crippen LogP contribution in [0.15, 0.2) is 46.9 Å². The van der Waals surface area contributed by atoms with Crippen molar-refractivity contribution in [1.82, 2.24) is 0 Å². The number of amides is 1. The summed E-state index contributed by atoms with van der Waals surface area (Å²) in [7, 11) is 0. The molecular formula is C18H20BrNO3. The van der Waals surface area contributed by atoms with E-state index < -0.39 is 0 Å². The Morgan fingerprint density at radius 1 is 1.13 bits per heavy atom. The van der Waals surface area contributed by atoms with Gasteiger partial charge in [0.1, 0.15) is 11.5 Å². The molecule has 2 aromatic carbocycles. The molecule has 1 amide bonds. The molecule has 0 unspecified atom stereocenters. The molecular weight excluding hydrogens is 358 g/mol. The summed E-state index contributed by atoms with van der Waals surface area (Å²) in [4.78, 5) is 12.5. The lowest BCUT2D eigenvalue weighted by Crippen LogP contribution is -2.14. The number of benzene rings is 2. The van der Waals surface area contributed by atoms with Crippen LogP contribution in [0.3, 0.4) is 0 Å². The van der Waals surface area contributed by atoms with Gasteiger partial charge in [0.15, 0.2) is 0 Å². The molecule has 2 aromatic rings. The third-order valence-electron chi connectivity index (χ3n) is 3.05. The number of hydrogen-bond acceptors (Lipinski definition) is 3. The van der Waals surface area contributed by atoms with E-state index in [9.17, 15) is 4.79 Å². The Labute approximate surface area is 144 Å². The quantitative estimate of drug-likeness (QED) is 0.746. The van der Waals surface area contributed by atoms with Crippen LogP contribution in [0.5, 0.6) is 11.5 Å². The van der Waals surface area contributed by atoms with E-state index in [-0.39, 0.29) is 5.91 Å². The number of carbonyl (C=O) groups is 1. The lowest BCUT2D eigenvalue weighted by Gasteiger charge is -2.12. The lowest BCUT2D eigenvalue weighted by atomic mass is 10.2. The Morgan fingerprint density at radius 3 is 2.70 bits per heavy atom. The van der Waals surface area contributed by atoms with Gasteiger partial charge < -0.3 is 14.8 Å². The summed E-state index contributed by atoms with van der Waals surface area (Å²) >= 11 is 3.39. The topological polar surface area (TPSA) is 47.6 Å². The highest BCUT2D eigenvalue weighted by molar-refractivity contribution is 9.10. The number of anilines is 1. The molecule has 0 saturated heterocycles. The van der Waals surface area contributed by atoms with Crippen molar-refractivity contribution in [1.29, 1.82) is 0 Å². The van der Waals surface area contributed by atoms with Crippen molar-refractivity contribution in [3.05, 3.63) is 52.5 Å². The maximum Gasteiger partial charge on any atom is 0.259 e. The third-order valence-corrected chi connectivity index (χ3v) is 3.54. The Hall–Kier alpha value is -2.01. The number of carbonyl (C=O) groups excluding carboxylic acids is 1. The molecule has 5 heteroatoms. The summed E-state index contributed by atoms with van der Waals surface area (Å²) in [5.41, 5.74) is 1.17. The smallest absolute Gasteiger partial charge is 0.259 e. The SMILES string of the molecule is CCCOc1cccc(NC(=O)c2cc(Br)ccc2OCC)c1. The largest absolute Gasteiger partial charge is 0.494 e. The first-order chi connectivity index (χ1) is 11.1. The average molecular weight is 378 g/mol. The van der Waals surface area contributed by atoms with E-state index in [1.54, 1.807) is 12.1 Å². The molecule has 2 rings (SSSR count). The van der Waals surface area contributed by atoms with Crippen molar-refractivity contribution < 1.29 is 14.3 Å². The second kappa shape index (κ2) is 8.58. The van der Waals surface area contributed by atoms with Crippen molar-refractivity contribution >= 4 is 27.5 Å². The van der Waals surface area contributed by atoms with Gasteiger partial charge in [-0.1, -0.05) is 28.9 Å². The van der Waals surface area contributed by atoms with Gasteiger partial charge in [0.25, 0.3) is 5.91 Å². The van der Waals surface area contributed by atoms with Gasteiger partial charge in [-0.05, 0) is 43.7 Å².